The normalized spacial score (nSPS) is 11.5. The molecule has 0 unspecified atom stereocenters. The number of nitrogens with zero attached hydrogens (tertiary/aromatic N) is 1. The van der Waals surface area contributed by atoms with E-state index in [1.54, 1.807) is 24.3 Å². The van der Waals surface area contributed by atoms with Crippen LogP contribution in [0.15, 0.2) is 65.6 Å². The maximum absolute atomic E-state index is 13.4. The number of methoxy groups -OCH3 is 1. The van der Waals surface area contributed by atoms with Crippen LogP contribution in [-0.4, -0.2) is 32.3 Å². The Morgan fingerprint density at radius 1 is 0.909 bits per heavy atom. The lowest BCUT2D eigenvalue weighted by Gasteiger charge is -2.22. The van der Waals surface area contributed by atoms with Crippen LogP contribution in [0, 0.1) is 0 Å². The molecule has 0 radical (unpaired) electrons. The molecule has 0 saturated carbocycles. The van der Waals surface area contributed by atoms with Crippen molar-refractivity contribution in [1.82, 2.24) is 4.31 Å². The van der Waals surface area contributed by atoms with Crippen LogP contribution in [0.25, 0.3) is 0 Å². The Labute approximate surface area is 212 Å². The van der Waals surface area contributed by atoms with Gasteiger partial charge in [-0.05, 0) is 35.9 Å². The van der Waals surface area contributed by atoms with E-state index in [0.29, 0.717) is 11.3 Å². The number of nitrogens with one attached hydrogen (secondary N) is 1. The summed E-state index contributed by atoms with van der Waals surface area (Å²) in [6, 6.07) is 15.8. The van der Waals surface area contributed by atoms with Gasteiger partial charge in [0.05, 0.1) is 44.3 Å². The van der Waals surface area contributed by atoms with Gasteiger partial charge in [0.15, 0.2) is 0 Å². The number of hydrogen-bond acceptors (Lipinski definition) is 4. The molecule has 33 heavy (non-hydrogen) atoms. The number of benzene rings is 3. The first-order valence-electron chi connectivity index (χ1n) is 9.44. The molecule has 0 fully saturated rings. The van der Waals surface area contributed by atoms with E-state index in [4.69, 9.17) is 51.1 Å². The molecule has 0 bridgehead atoms. The van der Waals surface area contributed by atoms with Gasteiger partial charge < -0.3 is 10.1 Å². The van der Waals surface area contributed by atoms with E-state index in [1.165, 1.54) is 37.4 Å². The van der Waals surface area contributed by atoms with E-state index in [1.807, 2.05) is 6.07 Å². The summed E-state index contributed by atoms with van der Waals surface area (Å²) in [5.41, 5.74) is 0.904. The average molecular weight is 548 g/mol. The van der Waals surface area contributed by atoms with Crippen molar-refractivity contribution in [1.29, 1.82) is 0 Å². The predicted octanol–water partition coefficient (Wildman–Crippen LogP) is 6.14. The van der Waals surface area contributed by atoms with Crippen LogP contribution in [0.5, 0.6) is 5.75 Å². The largest absolute Gasteiger partial charge is 0.495 e. The molecule has 0 aliphatic heterocycles. The minimum Gasteiger partial charge on any atom is -0.495 e. The fourth-order valence-electron chi connectivity index (χ4n) is 2.94. The highest BCUT2D eigenvalue weighted by Crippen LogP contribution is 2.33. The summed E-state index contributed by atoms with van der Waals surface area (Å²) in [6.45, 7) is -0.535. The molecule has 0 saturated heterocycles. The molecule has 0 atom stereocenters. The van der Waals surface area contributed by atoms with Gasteiger partial charge in [0, 0.05) is 6.54 Å². The van der Waals surface area contributed by atoms with E-state index in [2.05, 4.69) is 5.32 Å². The third-order valence-corrected chi connectivity index (χ3v) is 7.68. The maximum atomic E-state index is 13.4. The molecule has 3 aromatic carbocycles. The zero-order valence-corrected chi connectivity index (χ0v) is 21.0. The number of halogens is 4. The first-order valence-corrected chi connectivity index (χ1v) is 12.4. The van der Waals surface area contributed by atoms with Gasteiger partial charge in [0.2, 0.25) is 15.9 Å². The zero-order valence-electron chi connectivity index (χ0n) is 17.2. The third kappa shape index (κ3) is 6.32. The Hall–Kier alpha value is -2.00. The molecular weight excluding hydrogens is 530 g/mol. The molecule has 174 valence electrons. The van der Waals surface area contributed by atoms with Crippen molar-refractivity contribution in [3.63, 3.8) is 0 Å². The molecular formula is C22H18Cl4N2O4S. The summed E-state index contributed by atoms with van der Waals surface area (Å²) in [7, 11) is -2.68. The molecule has 3 rings (SSSR count). The molecule has 11 heteroatoms. The van der Waals surface area contributed by atoms with Gasteiger partial charge in [-0.25, -0.2) is 8.42 Å². The van der Waals surface area contributed by atoms with Crippen LogP contribution in [0.1, 0.15) is 5.56 Å². The van der Waals surface area contributed by atoms with Crippen molar-refractivity contribution in [2.24, 2.45) is 0 Å². The first kappa shape index (κ1) is 25.6. The quantitative estimate of drug-likeness (QED) is 0.344. The van der Waals surface area contributed by atoms with Gasteiger partial charge in [-0.2, -0.15) is 4.31 Å². The monoisotopic (exact) mass is 546 g/mol. The van der Waals surface area contributed by atoms with Gasteiger partial charge in [-0.1, -0.05) is 76.7 Å². The van der Waals surface area contributed by atoms with Gasteiger partial charge in [-0.15, -0.1) is 0 Å². The van der Waals surface area contributed by atoms with Crippen molar-refractivity contribution >= 4 is 68.0 Å². The molecule has 0 spiro atoms. The van der Waals surface area contributed by atoms with Crippen molar-refractivity contribution in [3.8, 4) is 5.75 Å². The summed E-state index contributed by atoms with van der Waals surface area (Å²) in [6.07, 6.45) is 0. The number of ether oxygens (including phenoxy) is 1. The molecule has 0 aliphatic carbocycles. The van der Waals surface area contributed by atoms with E-state index in [9.17, 15) is 13.2 Å². The molecule has 0 aromatic heterocycles. The van der Waals surface area contributed by atoms with Crippen LogP contribution < -0.4 is 10.1 Å². The van der Waals surface area contributed by atoms with E-state index in [0.717, 1.165) is 4.31 Å². The number of hydrogen-bond donors (Lipinski definition) is 1. The van der Waals surface area contributed by atoms with E-state index >= 15 is 0 Å². The lowest BCUT2D eigenvalue weighted by Crippen LogP contribution is -2.37. The Kier molecular flexibility index (Phi) is 8.50. The maximum Gasteiger partial charge on any atom is 0.243 e. The van der Waals surface area contributed by atoms with Crippen molar-refractivity contribution in [3.05, 3.63) is 86.3 Å². The Morgan fingerprint density at radius 3 is 2.21 bits per heavy atom. The molecule has 1 amide bonds. The second-order valence-corrected chi connectivity index (χ2v) is 10.4. The summed E-state index contributed by atoms with van der Waals surface area (Å²) in [4.78, 5) is 12.7. The SMILES string of the molecule is COc1ccc(S(=O)(=O)N(CC(=O)Nc2cc(Cl)c(Cl)cc2Cl)Cc2ccccc2)cc1Cl. The highest BCUT2D eigenvalue weighted by atomic mass is 35.5. The van der Waals surface area contributed by atoms with Crippen LogP contribution in [-0.2, 0) is 21.4 Å². The minimum absolute atomic E-state index is 0.0463. The number of anilines is 1. The fourth-order valence-corrected chi connectivity index (χ4v) is 5.27. The lowest BCUT2D eigenvalue weighted by atomic mass is 10.2. The highest BCUT2D eigenvalue weighted by Gasteiger charge is 2.28. The number of carbonyl (C=O) groups is 1. The van der Waals surface area contributed by atoms with Crippen LogP contribution in [0.4, 0.5) is 5.69 Å². The van der Waals surface area contributed by atoms with Crippen molar-refractivity contribution in [2.45, 2.75) is 11.4 Å². The molecule has 6 nitrogen and oxygen atoms in total. The van der Waals surface area contributed by atoms with Crippen LogP contribution in [0.2, 0.25) is 20.1 Å². The Morgan fingerprint density at radius 2 is 1.58 bits per heavy atom. The van der Waals surface area contributed by atoms with Crippen LogP contribution in [0.3, 0.4) is 0 Å². The topological polar surface area (TPSA) is 75.7 Å². The Balaban J connectivity index is 1.92. The number of carbonyl (C=O) groups excluding carboxylic acids is 1. The van der Waals surface area contributed by atoms with Gasteiger partial charge >= 0.3 is 0 Å². The smallest absolute Gasteiger partial charge is 0.243 e. The highest BCUT2D eigenvalue weighted by molar-refractivity contribution is 7.89. The standard InChI is InChI=1S/C22H18Cl4N2O4S/c1-32-21-8-7-15(9-19(21)26)33(30,31)28(12-14-5-3-2-4-6-14)13-22(29)27-20-11-17(24)16(23)10-18(20)25/h2-11H,12-13H2,1H3,(H,27,29). The van der Waals surface area contributed by atoms with Crippen molar-refractivity contribution in [2.75, 3.05) is 19.0 Å². The molecule has 3 aromatic rings. The zero-order chi connectivity index (χ0) is 24.2. The summed E-state index contributed by atoms with van der Waals surface area (Å²) in [5, 5.41) is 3.29. The average Bonchev–Trinajstić information content (AvgIpc) is 2.77. The fraction of sp³-hybridized carbons (Fsp3) is 0.136. The van der Waals surface area contributed by atoms with E-state index < -0.39 is 22.5 Å². The van der Waals surface area contributed by atoms with Gasteiger partial charge in [0.1, 0.15) is 5.75 Å². The summed E-state index contributed by atoms with van der Waals surface area (Å²) < 4.78 is 33.0. The Bertz CT molecular complexity index is 1270. The third-order valence-electron chi connectivity index (χ3n) is 4.57. The predicted molar refractivity (Wildman–Crippen MR) is 132 cm³/mol. The van der Waals surface area contributed by atoms with E-state index in [-0.39, 0.29) is 37.2 Å². The van der Waals surface area contributed by atoms with Crippen molar-refractivity contribution < 1.29 is 17.9 Å². The number of amides is 1. The molecule has 0 aliphatic rings. The lowest BCUT2D eigenvalue weighted by molar-refractivity contribution is -0.116. The summed E-state index contributed by atoms with van der Waals surface area (Å²) >= 11 is 24.2. The summed E-state index contributed by atoms with van der Waals surface area (Å²) in [5.74, 6) is -0.286. The van der Waals surface area contributed by atoms with Gasteiger partial charge in [0.25, 0.3) is 0 Å². The minimum atomic E-state index is -4.11. The molecule has 1 N–H and O–H groups in total. The second-order valence-electron chi connectivity index (χ2n) is 6.85. The van der Waals surface area contributed by atoms with Crippen LogP contribution >= 0.6 is 46.4 Å². The number of rotatable bonds is 8. The van der Waals surface area contributed by atoms with Gasteiger partial charge in [-0.3, -0.25) is 4.79 Å². The number of sulfonamides is 1. The molecule has 0 heterocycles. The first-order chi connectivity index (χ1) is 15.6. The second kappa shape index (κ2) is 11.0.